The van der Waals surface area contributed by atoms with Crippen LogP contribution in [0.2, 0.25) is 10.0 Å². The maximum absolute atomic E-state index is 12.8. The molecule has 0 saturated carbocycles. The Labute approximate surface area is 160 Å². The summed E-state index contributed by atoms with van der Waals surface area (Å²) in [5.74, 6) is 0.196. The van der Waals surface area contributed by atoms with E-state index in [1.54, 1.807) is 36.4 Å². The summed E-state index contributed by atoms with van der Waals surface area (Å²) in [5, 5.41) is 3.66. The first-order chi connectivity index (χ1) is 12.5. The number of carbonyl (C=O) groups excluding carboxylic acids is 2. The van der Waals surface area contributed by atoms with E-state index < -0.39 is 11.9 Å². The summed E-state index contributed by atoms with van der Waals surface area (Å²) in [6.45, 7) is 0. The number of carbonyl (C=O) groups is 2. The Morgan fingerprint density at radius 1 is 1.12 bits per heavy atom. The van der Waals surface area contributed by atoms with Crippen LogP contribution in [0.4, 0.5) is 11.4 Å². The Balaban J connectivity index is 1.89. The van der Waals surface area contributed by atoms with Crippen molar-refractivity contribution in [3.63, 3.8) is 0 Å². The third kappa shape index (κ3) is 3.30. The van der Waals surface area contributed by atoms with E-state index in [4.69, 9.17) is 32.7 Å². The van der Waals surface area contributed by atoms with E-state index in [9.17, 15) is 9.59 Å². The van der Waals surface area contributed by atoms with Crippen molar-refractivity contribution in [1.82, 2.24) is 0 Å². The summed E-state index contributed by atoms with van der Waals surface area (Å²) in [5.41, 5.74) is 0.860. The smallest absolute Gasteiger partial charge is 0.256 e. The molecule has 136 valence electrons. The van der Waals surface area contributed by atoms with Crippen LogP contribution in [0.25, 0.3) is 0 Å². The Kier molecular flexibility index (Phi) is 5.25. The molecule has 1 N–H and O–H groups in total. The summed E-state index contributed by atoms with van der Waals surface area (Å²) >= 11 is 12.1. The van der Waals surface area contributed by atoms with Gasteiger partial charge in [-0.25, -0.2) is 4.90 Å². The molecule has 6 nitrogen and oxygen atoms in total. The average molecular weight is 395 g/mol. The quantitative estimate of drug-likeness (QED) is 0.781. The van der Waals surface area contributed by atoms with Crippen molar-refractivity contribution in [3.05, 3.63) is 46.4 Å². The molecule has 0 aliphatic carbocycles. The SMILES string of the molecule is COc1ccc(N2C(=O)C[C@H](Nc3cccc(Cl)c3Cl)C2=O)c(OC)c1. The van der Waals surface area contributed by atoms with E-state index in [1.807, 2.05) is 0 Å². The molecule has 0 unspecified atom stereocenters. The minimum Gasteiger partial charge on any atom is -0.497 e. The van der Waals surface area contributed by atoms with Crippen molar-refractivity contribution in [2.24, 2.45) is 0 Å². The second-order valence-electron chi connectivity index (χ2n) is 5.61. The number of anilines is 2. The van der Waals surface area contributed by atoms with E-state index in [-0.39, 0.29) is 12.3 Å². The van der Waals surface area contributed by atoms with Crippen LogP contribution in [0.3, 0.4) is 0 Å². The van der Waals surface area contributed by atoms with Gasteiger partial charge in [-0.1, -0.05) is 29.3 Å². The number of ether oxygens (including phenoxy) is 2. The molecule has 0 spiro atoms. The number of nitrogens with one attached hydrogen (secondary N) is 1. The number of hydrogen-bond acceptors (Lipinski definition) is 5. The summed E-state index contributed by atoms with van der Waals surface area (Å²) in [4.78, 5) is 26.4. The molecule has 8 heteroatoms. The van der Waals surface area contributed by atoms with Crippen LogP contribution in [-0.2, 0) is 9.59 Å². The Morgan fingerprint density at radius 3 is 2.58 bits per heavy atom. The molecule has 1 atom stereocenters. The fourth-order valence-corrected chi connectivity index (χ4v) is 3.13. The molecule has 1 fully saturated rings. The average Bonchev–Trinajstić information content (AvgIpc) is 2.91. The number of nitrogens with zero attached hydrogens (tertiary/aromatic N) is 1. The highest BCUT2D eigenvalue weighted by Gasteiger charge is 2.41. The minimum atomic E-state index is -0.745. The highest BCUT2D eigenvalue weighted by molar-refractivity contribution is 6.43. The first-order valence-corrected chi connectivity index (χ1v) is 8.51. The lowest BCUT2D eigenvalue weighted by molar-refractivity contribution is -0.121. The number of halogens is 2. The zero-order valence-electron chi connectivity index (χ0n) is 14.1. The molecule has 1 heterocycles. The highest BCUT2D eigenvalue weighted by atomic mass is 35.5. The lowest BCUT2D eigenvalue weighted by Gasteiger charge is -2.19. The highest BCUT2D eigenvalue weighted by Crippen LogP contribution is 2.36. The Bertz CT molecular complexity index is 872. The van der Waals surface area contributed by atoms with E-state index >= 15 is 0 Å². The van der Waals surface area contributed by atoms with Crippen molar-refractivity contribution in [2.45, 2.75) is 12.5 Å². The molecule has 26 heavy (non-hydrogen) atoms. The van der Waals surface area contributed by atoms with Crippen molar-refractivity contribution >= 4 is 46.4 Å². The fourth-order valence-electron chi connectivity index (χ4n) is 2.77. The van der Waals surface area contributed by atoms with Crippen LogP contribution >= 0.6 is 23.2 Å². The first kappa shape index (κ1) is 18.4. The molecule has 1 aliphatic rings. The fraction of sp³-hybridized carbons (Fsp3) is 0.222. The first-order valence-electron chi connectivity index (χ1n) is 7.75. The van der Waals surface area contributed by atoms with Crippen molar-refractivity contribution < 1.29 is 19.1 Å². The largest absolute Gasteiger partial charge is 0.497 e. The molecule has 0 radical (unpaired) electrons. The second-order valence-corrected chi connectivity index (χ2v) is 6.39. The van der Waals surface area contributed by atoms with Crippen LogP contribution in [0, 0.1) is 0 Å². The predicted octanol–water partition coefficient (Wildman–Crippen LogP) is 3.75. The second kappa shape index (κ2) is 7.43. The van der Waals surface area contributed by atoms with Crippen LogP contribution in [0.15, 0.2) is 36.4 Å². The van der Waals surface area contributed by atoms with Crippen LogP contribution in [0.5, 0.6) is 11.5 Å². The van der Waals surface area contributed by atoms with Crippen molar-refractivity contribution in [3.8, 4) is 11.5 Å². The molecule has 0 bridgehead atoms. The van der Waals surface area contributed by atoms with Gasteiger partial charge < -0.3 is 14.8 Å². The maximum Gasteiger partial charge on any atom is 0.256 e. The van der Waals surface area contributed by atoms with Gasteiger partial charge in [0.25, 0.3) is 5.91 Å². The van der Waals surface area contributed by atoms with Gasteiger partial charge >= 0.3 is 0 Å². The van der Waals surface area contributed by atoms with E-state index in [0.717, 1.165) is 4.90 Å². The van der Waals surface area contributed by atoms with Gasteiger partial charge in [0.05, 0.1) is 42.1 Å². The Hall–Kier alpha value is -2.44. The molecule has 2 aromatic carbocycles. The van der Waals surface area contributed by atoms with Crippen LogP contribution < -0.4 is 19.7 Å². The third-order valence-electron chi connectivity index (χ3n) is 4.06. The van der Waals surface area contributed by atoms with Gasteiger partial charge in [-0.05, 0) is 24.3 Å². The van der Waals surface area contributed by atoms with Crippen molar-refractivity contribution in [1.29, 1.82) is 0 Å². The third-order valence-corrected chi connectivity index (χ3v) is 4.87. The zero-order valence-corrected chi connectivity index (χ0v) is 15.6. The maximum atomic E-state index is 12.8. The van der Waals surface area contributed by atoms with Gasteiger partial charge in [-0.3, -0.25) is 9.59 Å². The lowest BCUT2D eigenvalue weighted by Crippen LogP contribution is -2.35. The van der Waals surface area contributed by atoms with Crippen LogP contribution in [-0.4, -0.2) is 32.1 Å². The number of rotatable bonds is 5. The van der Waals surface area contributed by atoms with Gasteiger partial charge in [-0.2, -0.15) is 0 Å². The van der Waals surface area contributed by atoms with Gasteiger partial charge in [0.1, 0.15) is 17.5 Å². The number of amides is 2. The summed E-state index contributed by atoms with van der Waals surface area (Å²) in [6, 6.07) is 9.19. The molecule has 2 amide bonds. The molecular formula is C18H16Cl2N2O4. The molecule has 0 aromatic heterocycles. The predicted molar refractivity (Wildman–Crippen MR) is 101 cm³/mol. The van der Waals surface area contributed by atoms with Gasteiger partial charge in [0.15, 0.2) is 0 Å². The van der Waals surface area contributed by atoms with E-state index in [2.05, 4.69) is 5.32 Å². The number of hydrogen-bond donors (Lipinski definition) is 1. The molecule has 1 aliphatic heterocycles. The normalized spacial score (nSPS) is 16.8. The summed E-state index contributed by atoms with van der Waals surface area (Å²) in [6.07, 6.45) is -0.00312. The zero-order chi connectivity index (χ0) is 18.8. The minimum absolute atomic E-state index is 0.00312. The van der Waals surface area contributed by atoms with Gasteiger partial charge in [0.2, 0.25) is 5.91 Å². The van der Waals surface area contributed by atoms with Crippen molar-refractivity contribution in [2.75, 3.05) is 24.4 Å². The standard InChI is InChI=1S/C18H16Cl2N2O4/c1-25-10-6-7-14(15(8-10)26-2)22-16(23)9-13(18(22)24)21-12-5-3-4-11(19)17(12)20/h3-8,13,21H,9H2,1-2H3/t13-/m0/s1. The summed E-state index contributed by atoms with van der Waals surface area (Å²) in [7, 11) is 2.99. The topological polar surface area (TPSA) is 67.9 Å². The van der Waals surface area contributed by atoms with E-state index in [0.29, 0.717) is 32.9 Å². The number of imide groups is 1. The van der Waals surface area contributed by atoms with Gasteiger partial charge in [-0.15, -0.1) is 0 Å². The summed E-state index contributed by atoms with van der Waals surface area (Å²) < 4.78 is 10.4. The number of benzene rings is 2. The van der Waals surface area contributed by atoms with E-state index in [1.165, 1.54) is 14.2 Å². The van der Waals surface area contributed by atoms with Gasteiger partial charge in [0, 0.05) is 6.07 Å². The molecule has 2 aromatic rings. The number of methoxy groups -OCH3 is 2. The molecule has 1 saturated heterocycles. The molecular weight excluding hydrogens is 379 g/mol. The molecule has 3 rings (SSSR count). The van der Waals surface area contributed by atoms with Crippen LogP contribution in [0.1, 0.15) is 6.42 Å². The Morgan fingerprint density at radius 2 is 1.88 bits per heavy atom. The lowest BCUT2D eigenvalue weighted by atomic mass is 10.2. The monoisotopic (exact) mass is 394 g/mol.